The number of fused-ring (bicyclic) bond motifs is 4. The summed E-state index contributed by atoms with van der Waals surface area (Å²) in [6.07, 6.45) is 7.19. The molecule has 0 bridgehead atoms. The molecule has 7 heteroatoms. The molecule has 0 unspecified atom stereocenters. The fraction of sp³-hybridized carbons (Fsp3) is 0.250. The largest absolute Gasteiger partial charge is 0.360 e. The number of H-pyrrole nitrogens is 1. The van der Waals surface area contributed by atoms with Gasteiger partial charge in [-0.3, -0.25) is 14.2 Å². The van der Waals surface area contributed by atoms with E-state index in [0.29, 0.717) is 10.7 Å². The lowest BCUT2D eigenvalue weighted by Gasteiger charge is -2.14. The molecule has 0 atom stereocenters. The zero-order valence-corrected chi connectivity index (χ0v) is 21.1. The van der Waals surface area contributed by atoms with Gasteiger partial charge in [0.2, 0.25) is 0 Å². The predicted molar refractivity (Wildman–Crippen MR) is 145 cm³/mol. The lowest BCUT2D eigenvalue weighted by Crippen LogP contribution is -2.23. The first kappa shape index (κ1) is 22.3. The van der Waals surface area contributed by atoms with Gasteiger partial charge >= 0.3 is 0 Å². The Bertz CT molecular complexity index is 1640. The maximum atomic E-state index is 14.0. The first-order valence-corrected chi connectivity index (χ1v) is 13.8. The number of nitrogens with zero attached hydrogens (tertiary/aromatic N) is 2. The number of thiophene rings is 1. The van der Waals surface area contributed by atoms with Crippen molar-refractivity contribution in [3.8, 4) is 5.69 Å². The van der Waals surface area contributed by atoms with Gasteiger partial charge in [-0.15, -0.1) is 11.3 Å². The van der Waals surface area contributed by atoms with Crippen molar-refractivity contribution in [3.63, 3.8) is 0 Å². The van der Waals surface area contributed by atoms with E-state index in [4.69, 9.17) is 4.98 Å². The molecular formula is C28H25N3O2S2. The number of aromatic amines is 1. The lowest BCUT2D eigenvalue weighted by molar-refractivity contribution is 0.102. The Hall–Kier alpha value is -3.16. The highest BCUT2D eigenvalue weighted by molar-refractivity contribution is 7.99. The number of carbonyl (C=O) groups is 1. The third-order valence-corrected chi connectivity index (χ3v) is 8.91. The Morgan fingerprint density at radius 2 is 1.89 bits per heavy atom. The van der Waals surface area contributed by atoms with Gasteiger partial charge in [-0.1, -0.05) is 54.6 Å². The van der Waals surface area contributed by atoms with Crippen LogP contribution in [-0.4, -0.2) is 26.1 Å². The first-order valence-electron chi connectivity index (χ1n) is 12.0. The number of carbonyl (C=O) groups excluding carboxylic acids is 1. The van der Waals surface area contributed by atoms with Crippen LogP contribution in [-0.2, 0) is 12.8 Å². The summed E-state index contributed by atoms with van der Waals surface area (Å²) in [7, 11) is 0. The molecule has 0 amide bonds. The van der Waals surface area contributed by atoms with Gasteiger partial charge in [0.05, 0.1) is 16.8 Å². The molecule has 0 fully saturated rings. The monoisotopic (exact) mass is 499 g/mol. The predicted octanol–water partition coefficient (Wildman–Crippen LogP) is 6.48. The van der Waals surface area contributed by atoms with Gasteiger partial charge < -0.3 is 4.98 Å². The number of aryl methyl sites for hydroxylation is 3. The zero-order valence-electron chi connectivity index (χ0n) is 19.5. The van der Waals surface area contributed by atoms with Crippen molar-refractivity contribution in [3.05, 3.63) is 86.6 Å². The van der Waals surface area contributed by atoms with Crippen LogP contribution in [0.2, 0.25) is 0 Å². The molecule has 0 aliphatic heterocycles. The van der Waals surface area contributed by atoms with Crippen LogP contribution in [0, 0.1) is 6.92 Å². The van der Waals surface area contributed by atoms with Crippen molar-refractivity contribution in [1.29, 1.82) is 0 Å². The van der Waals surface area contributed by atoms with E-state index in [1.165, 1.54) is 28.6 Å². The SMILES string of the molecule is Cc1ccccc1-n1c(SCC(=O)c2c[nH]c3ccccc23)nc2sc3c(c2c1=O)CCCCC3. The number of nitrogens with one attached hydrogen (secondary N) is 1. The number of para-hydroxylation sites is 2. The topological polar surface area (TPSA) is 67.8 Å². The minimum atomic E-state index is -0.0225. The summed E-state index contributed by atoms with van der Waals surface area (Å²) in [4.78, 5) is 37.5. The number of rotatable bonds is 5. The minimum absolute atomic E-state index is 0.0140. The van der Waals surface area contributed by atoms with E-state index in [-0.39, 0.29) is 17.1 Å². The van der Waals surface area contributed by atoms with Gasteiger partial charge in [-0.05, 0) is 55.9 Å². The van der Waals surface area contributed by atoms with Crippen molar-refractivity contribution in [2.45, 2.75) is 44.2 Å². The molecule has 2 aromatic carbocycles. The Morgan fingerprint density at radius 1 is 1.09 bits per heavy atom. The number of aromatic nitrogens is 3. The highest BCUT2D eigenvalue weighted by Gasteiger charge is 2.23. The van der Waals surface area contributed by atoms with Crippen LogP contribution >= 0.6 is 23.1 Å². The summed E-state index contributed by atoms with van der Waals surface area (Å²) >= 11 is 3.00. The standard InChI is InChI=1S/C28H25N3O2S2/c1-17-9-5-8-13-22(17)31-27(33)25-19-11-3-2-4-14-24(19)35-26(25)30-28(31)34-16-23(32)20-15-29-21-12-7-6-10-18(20)21/h5-10,12-13,15,29H,2-4,11,14,16H2,1H3. The van der Waals surface area contributed by atoms with Gasteiger partial charge in [0.15, 0.2) is 10.9 Å². The van der Waals surface area contributed by atoms with Crippen LogP contribution in [0.15, 0.2) is 64.7 Å². The van der Waals surface area contributed by atoms with Crippen LogP contribution in [0.1, 0.15) is 45.6 Å². The summed E-state index contributed by atoms with van der Waals surface area (Å²) in [5.41, 5.74) is 4.60. The highest BCUT2D eigenvalue weighted by atomic mass is 32.2. The first-order chi connectivity index (χ1) is 17.1. The molecule has 176 valence electrons. The number of benzene rings is 2. The molecule has 35 heavy (non-hydrogen) atoms. The Labute approximate surface area is 211 Å². The van der Waals surface area contributed by atoms with E-state index in [1.54, 1.807) is 22.1 Å². The molecule has 3 aromatic heterocycles. The molecule has 5 nitrogen and oxygen atoms in total. The summed E-state index contributed by atoms with van der Waals surface area (Å²) in [6, 6.07) is 15.7. The van der Waals surface area contributed by atoms with Gasteiger partial charge in [0, 0.05) is 27.5 Å². The second kappa shape index (κ2) is 9.13. The molecule has 0 saturated carbocycles. The van der Waals surface area contributed by atoms with Crippen molar-refractivity contribution in [2.75, 3.05) is 5.75 Å². The fourth-order valence-corrected chi connectivity index (χ4v) is 7.19. The summed E-state index contributed by atoms with van der Waals surface area (Å²) < 4.78 is 1.72. The van der Waals surface area contributed by atoms with Gasteiger partial charge in [-0.25, -0.2) is 4.98 Å². The summed E-state index contributed by atoms with van der Waals surface area (Å²) in [5, 5.41) is 2.25. The molecule has 0 saturated heterocycles. The summed E-state index contributed by atoms with van der Waals surface area (Å²) in [6.45, 7) is 2.01. The van der Waals surface area contributed by atoms with Crippen molar-refractivity contribution >= 4 is 50.0 Å². The van der Waals surface area contributed by atoms with Gasteiger partial charge in [-0.2, -0.15) is 0 Å². The van der Waals surface area contributed by atoms with Crippen LogP contribution in [0.3, 0.4) is 0 Å². The zero-order chi connectivity index (χ0) is 23.9. The number of hydrogen-bond acceptors (Lipinski definition) is 5. The van der Waals surface area contributed by atoms with Crippen molar-refractivity contribution in [2.24, 2.45) is 0 Å². The average molecular weight is 500 g/mol. The van der Waals surface area contributed by atoms with Gasteiger partial charge in [0.1, 0.15) is 4.83 Å². The summed E-state index contributed by atoms with van der Waals surface area (Å²) in [5.74, 6) is 0.219. The molecular weight excluding hydrogens is 474 g/mol. The maximum Gasteiger partial charge on any atom is 0.267 e. The lowest BCUT2D eigenvalue weighted by atomic mass is 10.1. The molecule has 3 heterocycles. The normalized spacial score (nSPS) is 13.7. The number of ketones is 1. The maximum absolute atomic E-state index is 14.0. The Kier molecular flexibility index (Phi) is 5.82. The Morgan fingerprint density at radius 3 is 2.77 bits per heavy atom. The van der Waals surface area contributed by atoms with E-state index in [2.05, 4.69) is 4.98 Å². The molecule has 1 N–H and O–H groups in total. The quantitative estimate of drug-likeness (QED) is 0.130. The van der Waals surface area contributed by atoms with E-state index >= 15 is 0 Å². The number of thioether (sulfide) groups is 1. The van der Waals surface area contributed by atoms with Crippen molar-refractivity contribution < 1.29 is 4.79 Å². The van der Waals surface area contributed by atoms with Crippen LogP contribution in [0.4, 0.5) is 0 Å². The number of hydrogen-bond donors (Lipinski definition) is 1. The van der Waals surface area contributed by atoms with Gasteiger partial charge in [0.25, 0.3) is 5.56 Å². The number of Topliss-reactive ketones (excluding diaryl/α,β-unsaturated/α-hetero) is 1. The van der Waals surface area contributed by atoms with E-state index in [0.717, 1.165) is 58.1 Å². The fourth-order valence-electron chi connectivity index (χ4n) is 5.00. The molecule has 0 spiro atoms. The van der Waals surface area contributed by atoms with E-state index in [9.17, 15) is 9.59 Å². The molecule has 1 aliphatic carbocycles. The average Bonchev–Trinajstić information content (AvgIpc) is 3.37. The molecule has 6 rings (SSSR count). The smallest absolute Gasteiger partial charge is 0.267 e. The molecule has 5 aromatic rings. The minimum Gasteiger partial charge on any atom is -0.360 e. The Balaban J connectivity index is 1.45. The van der Waals surface area contributed by atoms with Crippen LogP contribution < -0.4 is 5.56 Å². The third-order valence-electron chi connectivity index (χ3n) is 6.79. The second-order valence-electron chi connectivity index (χ2n) is 9.03. The molecule has 1 aliphatic rings. The second-order valence-corrected chi connectivity index (χ2v) is 11.1. The highest BCUT2D eigenvalue weighted by Crippen LogP contribution is 2.35. The van der Waals surface area contributed by atoms with Crippen molar-refractivity contribution in [1.82, 2.24) is 14.5 Å². The van der Waals surface area contributed by atoms with Crippen LogP contribution in [0.25, 0.3) is 26.8 Å². The van der Waals surface area contributed by atoms with Crippen LogP contribution in [0.5, 0.6) is 0 Å². The molecule has 0 radical (unpaired) electrons. The third kappa shape index (κ3) is 3.93. The van der Waals surface area contributed by atoms with E-state index in [1.807, 2.05) is 55.5 Å². The van der Waals surface area contributed by atoms with E-state index < -0.39 is 0 Å².